The lowest BCUT2D eigenvalue weighted by molar-refractivity contribution is 0.0719. The van der Waals surface area contributed by atoms with Crippen molar-refractivity contribution < 1.29 is 4.79 Å². The van der Waals surface area contributed by atoms with Gasteiger partial charge in [0.05, 0.1) is 17.1 Å². The van der Waals surface area contributed by atoms with E-state index in [4.69, 9.17) is 4.98 Å². The number of nitrogens with one attached hydrogen (secondary N) is 1. The first kappa shape index (κ1) is 15.4. The van der Waals surface area contributed by atoms with Gasteiger partial charge in [-0.05, 0) is 53.9 Å². The lowest BCUT2D eigenvalue weighted by atomic mass is 10.2. The quantitative estimate of drug-likeness (QED) is 0.735. The Balaban J connectivity index is 1.68. The Hall–Kier alpha value is -2.08. The molecule has 1 aliphatic heterocycles. The van der Waals surface area contributed by atoms with Crippen LogP contribution >= 0.6 is 15.9 Å². The summed E-state index contributed by atoms with van der Waals surface area (Å²) in [5.74, 6) is 0.959. The summed E-state index contributed by atoms with van der Waals surface area (Å²) in [5.41, 5.74) is 2.70. The Kier molecular flexibility index (Phi) is 3.92. The minimum atomic E-state index is 0.0175. The number of rotatable bonds is 3. The standard InChI is InChI=1S/C18H19BrN4O/c1-2-22-11-12(19)10-16(22)18(24)23-9-5-8-15(23)17-20-13-6-3-4-7-14(13)21-17/h3-4,6-7,10-11,15H,2,5,8-9H2,1H3,(H,20,21). The van der Waals surface area contributed by atoms with E-state index < -0.39 is 0 Å². The molecule has 0 bridgehead atoms. The average Bonchev–Trinajstić information content (AvgIpc) is 3.30. The number of amides is 1. The highest BCUT2D eigenvalue weighted by atomic mass is 79.9. The van der Waals surface area contributed by atoms with Gasteiger partial charge in [-0.1, -0.05) is 12.1 Å². The number of halogens is 1. The van der Waals surface area contributed by atoms with Crippen molar-refractivity contribution in [3.8, 4) is 0 Å². The zero-order valence-corrected chi connectivity index (χ0v) is 15.1. The van der Waals surface area contributed by atoms with E-state index in [0.29, 0.717) is 0 Å². The van der Waals surface area contributed by atoms with E-state index in [1.807, 2.05) is 52.9 Å². The molecule has 2 aromatic heterocycles. The fourth-order valence-electron chi connectivity index (χ4n) is 3.49. The number of para-hydroxylation sites is 2. The van der Waals surface area contributed by atoms with Crippen LogP contribution in [0.1, 0.15) is 42.1 Å². The number of aryl methyl sites for hydroxylation is 1. The van der Waals surface area contributed by atoms with Gasteiger partial charge in [0.2, 0.25) is 0 Å². The van der Waals surface area contributed by atoms with Crippen LogP contribution in [0.15, 0.2) is 41.0 Å². The van der Waals surface area contributed by atoms with E-state index >= 15 is 0 Å². The van der Waals surface area contributed by atoms with Gasteiger partial charge in [0.15, 0.2) is 0 Å². The highest BCUT2D eigenvalue weighted by Gasteiger charge is 2.33. The van der Waals surface area contributed by atoms with Crippen molar-refractivity contribution in [3.63, 3.8) is 0 Å². The second-order valence-corrected chi connectivity index (χ2v) is 7.04. The van der Waals surface area contributed by atoms with Gasteiger partial charge in [-0.3, -0.25) is 4.79 Å². The number of fused-ring (bicyclic) bond motifs is 1. The third-order valence-corrected chi connectivity index (χ3v) is 5.09. The lowest BCUT2D eigenvalue weighted by Crippen LogP contribution is -2.32. The van der Waals surface area contributed by atoms with E-state index in [1.54, 1.807) is 0 Å². The molecule has 3 aromatic rings. The summed E-state index contributed by atoms with van der Waals surface area (Å²) >= 11 is 3.47. The predicted molar refractivity (Wildman–Crippen MR) is 96.9 cm³/mol. The average molecular weight is 387 g/mol. The number of nitrogens with zero attached hydrogens (tertiary/aromatic N) is 3. The van der Waals surface area contributed by atoms with Gasteiger partial charge in [0.1, 0.15) is 11.5 Å². The monoisotopic (exact) mass is 386 g/mol. The number of imidazole rings is 1. The maximum Gasteiger partial charge on any atom is 0.271 e. The Labute approximate surface area is 148 Å². The van der Waals surface area contributed by atoms with E-state index in [9.17, 15) is 4.79 Å². The first-order valence-electron chi connectivity index (χ1n) is 8.28. The molecule has 1 amide bonds. The summed E-state index contributed by atoms with van der Waals surface area (Å²) in [6.07, 6.45) is 3.90. The molecule has 0 radical (unpaired) electrons. The molecule has 1 saturated heterocycles. The number of hydrogen-bond acceptors (Lipinski definition) is 2. The number of carbonyl (C=O) groups is 1. The van der Waals surface area contributed by atoms with Gasteiger partial charge in [0, 0.05) is 23.8 Å². The summed E-state index contributed by atoms with van der Waals surface area (Å²) in [7, 11) is 0. The molecule has 0 aliphatic carbocycles. The number of carbonyl (C=O) groups excluding carboxylic acids is 1. The van der Waals surface area contributed by atoms with E-state index in [-0.39, 0.29) is 11.9 Å². The maximum atomic E-state index is 13.1. The summed E-state index contributed by atoms with van der Waals surface area (Å²) in [4.78, 5) is 23.1. The summed E-state index contributed by atoms with van der Waals surface area (Å²) < 4.78 is 2.92. The van der Waals surface area contributed by atoms with Gasteiger partial charge in [-0.15, -0.1) is 0 Å². The predicted octanol–water partition coefficient (Wildman–Crippen LogP) is 4.12. The van der Waals surface area contributed by atoms with Crippen LogP contribution in [0.5, 0.6) is 0 Å². The van der Waals surface area contributed by atoms with Crippen molar-refractivity contribution in [2.45, 2.75) is 32.4 Å². The second kappa shape index (κ2) is 6.09. The van der Waals surface area contributed by atoms with Crippen molar-refractivity contribution in [3.05, 3.63) is 52.5 Å². The largest absolute Gasteiger partial charge is 0.343 e. The number of aromatic amines is 1. The smallest absolute Gasteiger partial charge is 0.271 e. The highest BCUT2D eigenvalue weighted by molar-refractivity contribution is 9.10. The molecule has 124 valence electrons. The Morgan fingerprint density at radius 3 is 3.04 bits per heavy atom. The molecule has 1 N–H and O–H groups in total. The SMILES string of the molecule is CCn1cc(Br)cc1C(=O)N1CCCC1c1nc2ccccc2[nH]1. The van der Waals surface area contributed by atoms with Crippen LogP contribution < -0.4 is 0 Å². The molecule has 1 atom stereocenters. The van der Waals surface area contributed by atoms with Crippen molar-refractivity contribution in [2.75, 3.05) is 6.54 Å². The highest BCUT2D eigenvalue weighted by Crippen LogP contribution is 2.33. The number of hydrogen-bond donors (Lipinski definition) is 1. The summed E-state index contributed by atoms with van der Waals surface area (Å²) in [6, 6.07) is 9.91. The molecule has 1 aromatic carbocycles. The zero-order chi connectivity index (χ0) is 16.7. The topological polar surface area (TPSA) is 53.9 Å². The molecule has 6 heteroatoms. The normalized spacial score (nSPS) is 17.8. The van der Waals surface area contributed by atoms with Crippen LogP contribution in [0, 0.1) is 0 Å². The Bertz CT molecular complexity index is 864. The zero-order valence-electron chi connectivity index (χ0n) is 13.5. The molecule has 5 nitrogen and oxygen atoms in total. The molecule has 0 spiro atoms. The van der Waals surface area contributed by atoms with Crippen LogP contribution in [-0.2, 0) is 6.54 Å². The number of likely N-dealkylation sites (tertiary alicyclic amines) is 1. The van der Waals surface area contributed by atoms with Crippen molar-refractivity contribution >= 4 is 32.9 Å². The minimum absolute atomic E-state index is 0.0175. The van der Waals surface area contributed by atoms with E-state index in [0.717, 1.165) is 53.0 Å². The van der Waals surface area contributed by atoms with Crippen LogP contribution in [0.3, 0.4) is 0 Å². The maximum absolute atomic E-state index is 13.1. The molecule has 24 heavy (non-hydrogen) atoms. The lowest BCUT2D eigenvalue weighted by Gasteiger charge is -2.23. The van der Waals surface area contributed by atoms with Crippen molar-refractivity contribution in [1.82, 2.24) is 19.4 Å². The molecule has 1 fully saturated rings. The Morgan fingerprint density at radius 1 is 1.42 bits per heavy atom. The summed E-state index contributed by atoms with van der Waals surface area (Å²) in [6.45, 7) is 3.59. The fourth-order valence-corrected chi connectivity index (χ4v) is 3.95. The molecule has 0 saturated carbocycles. The number of aromatic nitrogens is 3. The first-order valence-corrected chi connectivity index (χ1v) is 9.08. The van der Waals surface area contributed by atoms with E-state index in [2.05, 4.69) is 20.9 Å². The van der Waals surface area contributed by atoms with Gasteiger partial charge in [-0.2, -0.15) is 0 Å². The van der Waals surface area contributed by atoms with Crippen molar-refractivity contribution in [1.29, 1.82) is 0 Å². The van der Waals surface area contributed by atoms with Gasteiger partial charge in [0.25, 0.3) is 5.91 Å². The molecule has 4 rings (SSSR count). The third kappa shape index (κ3) is 2.55. The molecular formula is C18H19BrN4O. The van der Waals surface area contributed by atoms with Gasteiger partial charge in [-0.25, -0.2) is 4.98 Å². The van der Waals surface area contributed by atoms with Crippen LogP contribution in [0.4, 0.5) is 0 Å². The minimum Gasteiger partial charge on any atom is -0.343 e. The number of H-pyrrole nitrogens is 1. The Morgan fingerprint density at radius 2 is 2.25 bits per heavy atom. The molecule has 1 aliphatic rings. The molecular weight excluding hydrogens is 368 g/mol. The van der Waals surface area contributed by atoms with Crippen molar-refractivity contribution in [2.24, 2.45) is 0 Å². The van der Waals surface area contributed by atoms with Gasteiger partial charge >= 0.3 is 0 Å². The van der Waals surface area contributed by atoms with Crippen LogP contribution in [-0.4, -0.2) is 31.9 Å². The van der Waals surface area contributed by atoms with Gasteiger partial charge < -0.3 is 14.5 Å². The third-order valence-electron chi connectivity index (χ3n) is 4.66. The van der Waals surface area contributed by atoms with Crippen LogP contribution in [0.2, 0.25) is 0 Å². The number of benzene rings is 1. The van der Waals surface area contributed by atoms with E-state index in [1.165, 1.54) is 0 Å². The second-order valence-electron chi connectivity index (χ2n) is 6.13. The summed E-state index contributed by atoms with van der Waals surface area (Å²) in [5, 5.41) is 0. The fraction of sp³-hybridized carbons (Fsp3) is 0.333. The van der Waals surface area contributed by atoms with Crippen LogP contribution in [0.25, 0.3) is 11.0 Å². The molecule has 1 unspecified atom stereocenters. The first-order chi connectivity index (χ1) is 11.7. The molecule has 3 heterocycles.